The number of hydrogen-bond acceptors (Lipinski definition) is 5. The maximum atomic E-state index is 11.9. The van der Waals surface area contributed by atoms with Gasteiger partial charge in [0.1, 0.15) is 5.01 Å². The third kappa shape index (κ3) is 4.94. The molecular formula is C14H24N4O2S. The Morgan fingerprint density at radius 3 is 2.81 bits per heavy atom. The van der Waals surface area contributed by atoms with E-state index in [1.165, 1.54) is 0 Å². The predicted octanol–water partition coefficient (Wildman–Crippen LogP) is 1.53. The average Bonchev–Trinajstić information content (AvgIpc) is 2.95. The molecule has 2 rings (SSSR count). The second-order valence-electron chi connectivity index (χ2n) is 4.95. The number of urea groups is 1. The quantitative estimate of drug-likeness (QED) is 0.865. The van der Waals surface area contributed by atoms with Crippen LogP contribution in [0.25, 0.3) is 0 Å². The molecular weight excluding hydrogens is 288 g/mol. The molecule has 1 aromatic heterocycles. The zero-order chi connectivity index (χ0) is 15.1. The van der Waals surface area contributed by atoms with Crippen LogP contribution in [-0.2, 0) is 17.8 Å². The fourth-order valence-electron chi connectivity index (χ4n) is 2.26. The van der Waals surface area contributed by atoms with E-state index in [1.54, 1.807) is 16.2 Å². The Morgan fingerprint density at radius 1 is 1.43 bits per heavy atom. The molecule has 1 saturated heterocycles. The van der Waals surface area contributed by atoms with Crippen LogP contribution in [-0.4, -0.2) is 60.2 Å². The molecule has 1 aliphatic heterocycles. The summed E-state index contributed by atoms with van der Waals surface area (Å²) in [5, 5.41) is 5.95. The summed E-state index contributed by atoms with van der Waals surface area (Å²) in [4.78, 5) is 20.6. The molecule has 0 unspecified atom stereocenters. The van der Waals surface area contributed by atoms with Crippen LogP contribution in [0.1, 0.15) is 24.5 Å². The number of rotatable bonds is 6. The number of hydrogen-bond donors (Lipinski definition) is 1. The largest absolute Gasteiger partial charge is 0.379 e. The highest BCUT2D eigenvalue weighted by atomic mass is 32.1. The summed E-state index contributed by atoms with van der Waals surface area (Å²) in [6, 6.07) is -0.0232. The van der Waals surface area contributed by atoms with Crippen molar-refractivity contribution in [2.75, 3.05) is 39.4 Å². The molecule has 7 heteroatoms. The lowest BCUT2D eigenvalue weighted by molar-refractivity contribution is 0.0337. The third-order valence-electron chi connectivity index (χ3n) is 3.53. The number of carbonyl (C=O) groups excluding carboxylic acids is 1. The van der Waals surface area contributed by atoms with Crippen molar-refractivity contribution < 1.29 is 9.53 Å². The maximum absolute atomic E-state index is 11.9. The van der Waals surface area contributed by atoms with E-state index in [0.717, 1.165) is 56.6 Å². The highest BCUT2D eigenvalue weighted by Gasteiger charge is 2.13. The fraction of sp³-hybridized carbons (Fsp3) is 0.714. The van der Waals surface area contributed by atoms with Gasteiger partial charge in [0.25, 0.3) is 0 Å². The van der Waals surface area contributed by atoms with Crippen LogP contribution in [0.5, 0.6) is 0 Å². The second kappa shape index (κ2) is 8.31. The van der Waals surface area contributed by atoms with Crippen molar-refractivity contribution >= 4 is 17.4 Å². The summed E-state index contributed by atoms with van der Waals surface area (Å²) < 4.78 is 5.34. The number of aromatic nitrogens is 1. The topological polar surface area (TPSA) is 57.7 Å². The van der Waals surface area contributed by atoms with Crippen LogP contribution in [0.4, 0.5) is 4.79 Å². The number of carbonyl (C=O) groups is 1. The van der Waals surface area contributed by atoms with Gasteiger partial charge in [-0.2, -0.15) is 0 Å². The van der Waals surface area contributed by atoms with Gasteiger partial charge in [0.2, 0.25) is 0 Å². The standard InChI is InChI=1S/C14H24N4O2S/c1-3-18(4-2)14(19)15-9-13-16-12(11-21-13)10-17-5-7-20-8-6-17/h11H,3-10H2,1-2H3,(H,15,19). The van der Waals surface area contributed by atoms with E-state index in [0.29, 0.717) is 6.54 Å². The lowest BCUT2D eigenvalue weighted by Gasteiger charge is -2.25. The van der Waals surface area contributed by atoms with Crippen LogP contribution >= 0.6 is 11.3 Å². The van der Waals surface area contributed by atoms with Gasteiger partial charge in [-0.3, -0.25) is 4.90 Å². The number of morpholine rings is 1. The Bertz CT molecular complexity index is 442. The number of amides is 2. The number of nitrogens with one attached hydrogen (secondary N) is 1. The molecule has 0 aliphatic carbocycles. The van der Waals surface area contributed by atoms with Gasteiger partial charge in [-0.25, -0.2) is 9.78 Å². The molecule has 1 N–H and O–H groups in total. The molecule has 21 heavy (non-hydrogen) atoms. The van der Waals surface area contributed by atoms with E-state index in [-0.39, 0.29) is 6.03 Å². The Morgan fingerprint density at radius 2 is 2.14 bits per heavy atom. The van der Waals surface area contributed by atoms with Crippen molar-refractivity contribution in [2.24, 2.45) is 0 Å². The fourth-order valence-corrected chi connectivity index (χ4v) is 2.99. The van der Waals surface area contributed by atoms with Gasteiger partial charge in [0, 0.05) is 38.1 Å². The van der Waals surface area contributed by atoms with Crippen molar-refractivity contribution in [3.63, 3.8) is 0 Å². The van der Waals surface area contributed by atoms with Gasteiger partial charge >= 0.3 is 6.03 Å². The molecule has 1 aliphatic rings. The van der Waals surface area contributed by atoms with E-state index in [4.69, 9.17) is 4.74 Å². The maximum Gasteiger partial charge on any atom is 0.317 e. The summed E-state index contributed by atoms with van der Waals surface area (Å²) >= 11 is 1.60. The Kier molecular flexibility index (Phi) is 6.41. The minimum Gasteiger partial charge on any atom is -0.379 e. The molecule has 2 heterocycles. The number of nitrogens with zero attached hydrogens (tertiary/aromatic N) is 3. The lowest BCUT2D eigenvalue weighted by Crippen LogP contribution is -2.39. The van der Waals surface area contributed by atoms with Crippen molar-refractivity contribution in [3.05, 3.63) is 16.1 Å². The summed E-state index contributed by atoms with van der Waals surface area (Å²) in [6.07, 6.45) is 0. The van der Waals surface area contributed by atoms with Crippen LogP contribution in [0, 0.1) is 0 Å². The first kappa shape index (κ1) is 16.2. The predicted molar refractivity (Wildman–Crippen MR) is 83.4 cm³/mol. The number of ether oxygens (including phenoxy) is 1. The summed E-state index contributed by atoms with van der Waals surface area (Å²) in [5.74, 6) is 0. The van der Waals surface area contributed by atoms with Gasteiger partial charge in [0.15, 0.2) is 0 Å². The van der Waals surface area contributed by atoms with Gasteiger partial charge < -0.3 is 15.0 Å². The molecule has 1 fully saturated rings. The van der Waals surface area contributed by atoms with Gasteiger partial charge in [-0.15, -0.1) is 11.3 Å². The van der Waals surface area contributed by atoms with Crippen LogP contribution < -0.4 is 5.32 Å². The molecule has 0 radical (unpaired) electrons. The van der Waals surface area contributed by atoms with E-state index in [1.807, 2.05) is 13.8 Å². The molecule has 0 bridgehead atoms. The van der Waals surface area contributed by atoms with Crippen molar-refractivity contribution in [2.45, 2.75) is 26.9 Å². The lowest BCUT2D eigenvalue weighted by atomic mass is 10.3. The summed E-state index contributed by atoms with van der Waals surface area (Å²) in [5.41, 5.74) is 1.08. The Balaban J connectivity index is 1.78. The van der Waals surface area contributed by atoms with Crippen molar-refractivity contribution in [1.82, 2.24) is 20.1 Å². The van der Waals surface area contributed by atoms with E-state index >= 15 is 0 Å². The SMILES string of the molecule is CCN(CC)C(=O)NCc1nc(CN2CCOCC2)cs1. The van der Waals surface area contributed by atoms with Crippen LogP contribution in [0.2, 0.25) is 0 Å². The van der Waals surface area contributed by atoms with E-state index < -0.39 is 0 Å². The van der Waals surface area contributed by atoms with E-state index in [2.05, 4.69) is 20.6 Å². The van der Waals surface area contributed by atoms with Gasteiger partial charge in [-0.05, 0) is 13.8 Å². The first-order valence-electron chi connectivity index (χ1n) is 7.49. The smallest absolute Gasteiger partial charge is 0.317 e. The molecule has 2 amide bonds. The van der Waals surface area contributed by atoms with E-state index in [9.17, 15) is 4.79 Å². The highest BCUT2D eigenvalue weighted by Crippen LogP contribution is 2.12. The van der Waals surface area contributed by atoms with Crippen LogP contribution in [0.3, 0.4) is 0 Å². The normalized spacial score (nSPS) is 15.9. The van der Waals surface area contributed by atoms with Gasteiger partial charge in [0.05, 0.1) is 25.5 Å². The molecule has 0 spiro atoms. The van der Waals surface area contributed by atoms with Crippen LogP contribution in [0.15, 0.2) is 5.38 Å². The third-order valence-corrected chi connectivity index (χ3v) is 4.43. The molecule has 6 nitrogen and oxygen atoms in total. The molecule has 0 aromatic carbocycles. The summed E-state index contributed by atoms with van der Waals surface area (Å²) in [6.45, 7) is 10.3. The molecule has 0 atom stereocenters. The summed E-state index contributed by atoms with van der Waals surface area (Å²) in [7, 11) is 0. The minimum absolute atomic E-state index is 0.0232. The zero-order valence-electron chi connectivity index (χ0n) is 12.8. The second-order valence-corrected chi connectivity index (χ2v) is 5.89. The zero-order valence-corrected chi connectivity index (χ0v) is 13.6. The Labute approximate surface area is 130 Å². The Hall–Kier alpha value is -1.18. The highest BCUT2D eigenvalue weighted by molar-refractivity contribution is 7.09. The minimum atomic E-state index is -0.0232. The molecule has 1 aromatic rings. The molecule has 118 valence electrons. The first-order valence-corrected chi connectivity index (χ1v) is 8.37. The molecule has 0 saturated carbocycles. The monoisotopic (exact) mass is 312 g/mol. The van der Waals surface area contributed by atoms with Crippen molar-refractivity contribution in [3.8, 4) is 0 Å². The average molecular weight is 312 g/mol. The number of thiazole rings is 1. The van der Waals surface area contributed by atoms with Crippen molar-refractivity contribution in [1.29, 1.82) is 0 Å². The van der Waals surface area contributed by atoms with Gasteiger partial charge in [-0.1, -0.05) is 0 Å². The first-order chi connectivity index (χ1) is 10.2.